The van der Waals surface area contributed by atoms with E-state index in [1.807, 2.05) is 0 Å². The van der Waals surface area contributed by atoms with Crippen LogP contribution >= 0.6 is 0 Å². The van der Waals surface area contributed by atoms with Crippen LogP contribution in [0, 0.1) is 0 Å². The number of hydrogen-bond acceptors (Lipinski definition) is 4. The van der Waals surface area contributed by atoms with Crippen LogP contribution in [-0.4, -0.2) is 61.7 Å². The Labute approximate surface area is 98.5 Å². The number of β-amino-alcohol motifs (C(OH)–C–C–N with tert-alkyl or cyclic N) is 1. The molecule has 1 unspecified atom stereocenters. The van der Waals surface area contributed by atoms with Gasteiger partial charge in [-0.1, -0.05) is 0 Å². The number of aliphatic hydroxyl groups is 1. The molecule has 0 amide bonds. The molecule has 0 aliphatic carbocycles. The average Bonchev–Trinajstić information content (AvgIpc) is 2.53. The molecule has 0 aromatic heterocycles. The molecule has 4 nitrogen and oxygen atoms in total. The second kappa shape index (κ2) is 6.55. The predicted molar refractivity (Wildman–Crippen MR) is 63.6 cm³/mol. The molecule has 1 saturated heterocycles. The number of aliphatic hydroxyl groups excluding tert-OH is 1. The van der Waals surface area contributed by atoms with Crippen molar-refractivity contribution in [3.63, 3.8) is 0 Å². The van der Waals surface area contributed by atoms with E-state index in [9.17, 15) is 5.11 Å². The first-order chi connectivity index (χ1) is 7.56. The van der Waals surface area contributed by atoms with E-state index in [0.29, 0.717) is 26.4 Å². The summed E-state index contributed by atoms with van der Waals surface area (Å²) in [7, 11) is 1.65. The van der Waals surface area contributed by atoms with E-state index in [0.717, 1.165) is 6.54 Å². The summed E-state index contributed by atoms with van der Waals surface area (Å²) >= 11 is 0. The van der Waals surface area contributed by atoms with Crippen molar-refractivity contribution in [2.24, 2.45) is 0 Å². The summed E-state index contributed by atoms with van der Waals surface area (Å²) in [6, 6.07) is 0. The lowest BCUT2D eigenvalue weighted by Gasteiger charge is -2.33. The van der Waals surface area contributed by atoms with E-state index in [4.69, 9.17) is 9.47 Å². The Balaban J connectivity index is 2.16. The van der Waals surface area contributed by atoms with Crippen LogP contribution in [0.3, 0.4) is 0 Å². The first-order valence-electron chi connectivity index (χ1n) is 6.06. The Morgan fingerprint density at radius 1 is 1.38 bits per heavy atom. The van der Waals surface area contributed by atoms with Gasteiger partial charge in [-0.25, -0.2) is 0 Å². The Bertz CT molecular complexity index is 197. The molecule has 96 valence electrons. The third-order valence-electron chi connectivity index (χ3n) is 3.25. The summed E-state index contributed by atoms with van der Waals surface area (Å²) < 4.78 is 10.2. The smallest absolute Gasteiger partial charge is 0.0900 e. The van der Waals surface area contributed by atoms with Crippen molar-refractivity contribution in [3.05, 3.63) is 0 Å². The third-order valence-corrected chi connectivity index (χ3v) is 3.25. The van der Waals surface area contributed by atoms with Crippen molar-refractivity contribution in [1.29, 1.82) is 0 Å². The minimum Gasteiger partial charge on any atom is -0.389 e. The SMILES string of the molecule is COCCOCC(O)CN1CCCC1(C)C. The fourth-order valence-electron chi connectivity index (χ4n) is 2.17. The number of hydrogen-bond donors (Lipinski definition) is 1. The van der Waals surface area contributed by atoms with Crippen molar-refractivity contribution in [1.82, 2.24) is 4.90 Å². The van der Waals surface area contributed by atoms with Crippen LogP contribution in [0.2, 0.25) is 0 Å². The maximum Gasteiger partial charge on any atom is 0.0900 e. The molecule has 1 N–H and O–H groups in total. The molecule has 4 heteroatoms. The molecular formula is C12H25NO3. The summed E-state index contributed by atoms with van der Waals surface area (Å²) in [5, 5.41) is 9.83. The largest absolute Gasteiger partial charge is 0.389 e. The second-order valence-electron chi connectivity index (χ2n) is 5.08. The summed E-state index contributed by atoms with van der Waals surface area (Å²) in [6.07, 6.45) is 2.04. The fourth-order valence-corrected chi connectivity index (χ4v) is 2.17. The van der Waals surface area contributed by atoms with Gasteiger partial charge in [0, 0.05) is 19.2 Å². The van der Waals surface area contributed by atoms with Crippen molar-refractivity contribution >= 4 is 0 Å². The van der Waals surface area contributed by atoms with E-state index in [1.165, 1.54) is 12.8 Å². The van der Waals surface area contributed by atoms with E-state index in [2.05, 4.69) is 18.7 Å². The molecule has 1 aliphatic heterocycles. The Morgan fingerprint density at radius 2 is 2.12 bits per heavy atom. The van der Waals surface area contributed by atoms with Crippen LogP contribution in [0.15, 0.2) is 0 Å². The quantitative estimate of drug-likeness (QED) is 0.661. The highest BCUT2D eigenvalue weighted by Crippen LogP contribution is 2.27. The standard InChI is InChI=1S/C12H25NO3/c1-12(2)5-4-6-13(12)9-11(14)10-16-8-7-15-3/h11,14H,4-10H2,1-3H3. The lowest BCUT2D eigenvalue weighted by molar-refractivity contribution is -0.00853. The molecule has 1 heterocycles. The molecule has 0 aromatic carbocycles. The number of nitrogens with zero attached hydrogens (tertiary/aromatic N) is 1. The van der Waals surface area contributed by atoms with Gasteiger partial charge in [-0.05, 0) is 33.2 Å². The van der Waals surface area contributed by atoms with Gasteiger partial charge in [-0.2, -0.15) is 0 Å². The van der Waals surface area contributed by atoms with Crippen LogP contribution in [0.1, 0.15) is 26.7 Å². The van der Waals surface area contributed by atoms with Gasteiger partial charge in [0.05, 0.1) is 25.9 Å². The van der Waals surface area contributed by atoms with Crippen molar-refractivity contribution in [3.8, 4) is 0 Å². The van der Waals surface area contributed by atoms with Gasteiger partial charge in [0.2, 0.25) is 0 Å². The third kappa shape index (κ3) is 4.37. The first kappa shape index (κ1) is 13.9. The van der Waals surface area contributed by atoms with E-state index in [-0.39, 0.29) is 5.54 Å². The predicted octanol–water partition coefficient (Wildman–Crippen LogP) is 0.885. The Kier molecular flexibility index (Phi) is 5.69. The Morgan fingerprint density at radius 3 is 2.69 bits per heavy atom. The molecule has 1 aliphatic rings. The van der Waals surface area contributed by atoms with Gasteiger partial charge in [-0.15, -0.1) is 0 Å². The second-order valence-corrected chi connectivity index (χ2v) is 5.08. The van der Waals surface area contributed by atoms with Gasteiger partial charge in [0.1, 0.15) is 0 Å². The maximum absolute atomic E-state index is 9.83. The van der Waals surface area contributed by atoms with Crippen LogP contribution in [0.25, 0.3) is 0 Å². The highest BCUT2D eigenvalue weighted by molar-refractivity contribution is 4.88. The number of ether oxygens (including phenoxy) is 2. The topological polar surface area (TPSA) is 41.9 Å². The molecular weight excluding hydrogens is 206 g/mol. The highest BCUT2D eigenvalue weighted by Gasteiger charge is 2.32. The van der Waals surface area contributed by atoms with E-state index in [1.54, 1.807) is 7.11 Å². The summed E-state index contributed by atoms with van der Waals surface area (Å²) in [5.41, 5.74) is 0.230. The van der Waals surface area contributed by atoms with Crippen molar-refractivity contribution < 1.29 is 14.6 Å². The van der Waals surface area contributed by atoms with Gasteiger partial charge in [0.15, 0.2) is 0 Å². The normalized spacial score (nSPS) is 22.5. The zero-order chi connectivity index (χ0) is 12.0. The van der Waals surface area contributed by atoms with Crippen LogP contribution in [0.5, 0.6) is 0 Å². The number of likely N-dealkylation sites (tertiary alicyclic amines) is 1. The van der Waals surface area contributed by atoms with Gasteiger partial charge in [-0.3, -0.25) is 4.90 Å². The minimum atomic E-state index is -0.394. The lowest BCUT2D eigenvalue weighted by Crippen LogP contribution is -2.43. The monoisotopic (exact) mass is 231 g/mol. The highest BCUT2D eigenvalue weighted by atomic mass is 16.5. The van der Waals surface area contributed by atoms with Gasteiger partial charge < -0.3 is 14.6 Å². The fraction of sp³-hybridized carbons (Fsp3) is 1.00. The summed E-state index contributed by atoms with van der Waals surface area (Å²) in [6.45, 7) is 7.80. The molecule has 1 fully saturated rings. The molecule has 0 saturated carbocycles. The number of rotatable bonds is 7. The van der Waals surface area contributed by atoms with E-state index >= 15 is 0 Å². The van der Waals surface area contributed by atoms with Crippen LogP contribution in [-0.2, 0) is 9.47 Å². The molecule has 0 spiro atoms. The molecule has 1 rings (SSSR count). The van der Waals surface area contributed by atoms with Crippen LogP contribution in [0.4, 0.5) is 0 Å². The van der Waals surface area contributed by atoms with Crippen molar-refractivity contribution in [2.45, 2.75) is 38.3 Å². The van der Waals surface area contributed by atoms with Gasteiger partial charge in [0.25, 0.3) is 0 Å². The molecule has 0 bridgehead atoms. The summed E-state index contributed by atoms with van der Waals surface area (Å²) in [4.78, 5) is 2.34. The van der Waals surface area contributed by atoms with Crippen molar-refractivity contribution in [2.75, 3.05) is 40.0 Å². The first-order valence-corrected chi connectivity index (χ1v) is 6.06. The minimum absolute atomic E-state index is 0.230. The van der Waals surface area contributed by atoms with Gasteiger partial charge >= 0.3 is 0 Å². The van der Waals surface area contributed by atoms with Crippen LogP contribution < -0.4 is 0 Å². The Hall–Kier alpha value is -0.160. The molecule has 0 radical (unpaired) electrons. The zero-order valence-electron chi connectivity index (χ0n) is 10.7. The maximum atomic E-state index is 9.83. The average molecular weight is 231 g/mol. The molecule has 1 atom stereocenters. The number of methoxy groups -OCH3 is 1. The lowest BCUT2D eigenvalue weighted by atomic mass is 10.0. The molecule has 16 heavy (non-hydrogen) atoms. The zero-order valence-corrected chi connectivity index (χ0v) is 10.7. The van der Waals surface area contributed by atoms with E-state index < -0.39 is 6.10 Å². The summed E-state index contributed by atoms with van der Waals surface area (Å²) in [5.74, 6) is 0. The molecule has 0 aromatic rings.